The molecule has 0 amide bonds. The Morgan fingerprint density at radius 1 is 0.582 bits per heavy atom. The van der Waals surface area contributed by atoms with Gasteiger partial charge in [0.05, 0.1) is 13.7 Å². The van der Waals surface area contributed by atoms with E-state index in [-0.39, 0.29) is 48.3 Å². The van der Waals surface area contributed by atoms with Crippen molar-refractivity contribution in [2.24, 2.45) is 0 Å². The predicted octanol–water partition coefficient (Wildman–Crippen LogP) is 11.0. The van der Waals surface area contributed by atoms with Crippen LogP contribution in [-0.2, 0) is 38.1 Å². The fourth-order valence-corrected chi connectivity index (χ4v) is 17.2. The lowest BCUT2D eigenvalue weighted by Crippen LogP contribution is -2.28. The number of hydrogen-bond donors (Lipinski definition) is 0. The van der Waals surface area contributed by atoms with Gasteiger partial charge in [0, 0.05) is 44.0 Å². The number of ether oxygens (including phenoxy) is 4. The van der Waals surface area contributed by atoms with Gasteiger partial charge in [0.25, 0.3) is 0 Å². The van der Waals surface area contributed by atoms with E-state index in [4.69, 9.17) is 18.9 Å². The third kappa shape index (κ3) is 24.0. The zero-order valence-electron chi connectivity index (χ0n) is 33.3. The molecular formula is C38H60O8S9. The van der Waals surface area contributed by atoms with E-state index in [9.17, 15) is 19.2 Å². The van der Waals surface area contributed by atoms with E-state index in [0.29, 0.717) is 36.0 Å². The standard InChI is InChI=1S/C11H18O2S2.C10H16O2S2.C9H14O2S3.C8H12O2S2/c1-4-9(13-10(12)8(2)3)11-14-6-5-7-15-11;1-7(2)9(11)12-8(3)10-13-5-4-6-14-10;1-6(2)8(10)11-7(3)9-13-4-12-5-14-9;1-6(2)8(9)10-7-3-4-11-12-5-7/h9,11H,2,4-7H2,1,3H3;8,10H,1,4-6H2,2-3H3;7,9H,1,4-5H2,2-3H3;7H,1,3-5H2,2H3. The average Bonchev–Trinajstić information content (AvgIpc) is 3.18. The first-order chi connectivity index (χ1) is 26.1. The van der Waals surface area contributed by atoms with Gasteiger partial charge in [0.1, 0.15) is 24.4 Å². The smallest absolute Gasteiger partial charge is 0.333 e. The van der Waals surface area contributed by atoms with Crippen molar-refractivity contribution in [3.8, 4) is 0 Å². The van der Waals surface area contributed by atoms with Gasteiger partial charge in [-0.1, -0.05) is 54.8 Å². The summed E-state index contributed by atoms with van der Waals surface area (Å²) in [5.74, 6) is 5.61. The predicted molar refractivity (Wildman–Crippen MR) is 253 cm³/mol. The van der Waals surface area contributed by atoms with Crippen molar-refractivity contribution in [2.75, 3.05) is 44.7 Å². The number of carbonyl (C=O) groups is 4. The van der Waals surface area contributed by atoms with Crippen LogP contribution in [0.25, 0.3) is 0 Å². The second kappa shape index (κ2) is 30.9. The highest BCUT2D eigenvalue weighted by Crippen LogP contribution is 2.39. The fourth-order valence-electron chi connectivity index (χ4n) is 4.09. The van der Waals surface area contributed by atoms with Gasteiger partial charge in [-0.2, -0.15) is 0 Å². The van der Waals surface area contributed by atoms with E-state index in [0.717, 1.165) is 34.5 Å². The Labute approximate surface area is 368 Å². The molecule has 4 heterocycles. The highest BCUT2D eigenvalue weighted by Gasteiger charge is 2.28. The molecule has 4 aliphatic rings. The Bertz CT molecular complexity index is 1190. The van der Waals surface area contributed by atoms with Crippen LogP contribution in [0.4, 0.5) is 0 Å². The summed E-state index contributed by atoms with van der Waals surface area (Å²) in [7, 11) is 3.60. The zero-order valence-corrected chi connectivity index (χ0v) is 40.6. The van der Waals surface area contributed by atoms with Crippen molar-refractivity contribution < 1.29 is 38.1 Å². The Hall–Kier alpha value is -0.0100. The Kier molecular flexibility index (Phi) is 29.8. The number of hydrogen-bond acceptors (Lipinski definition) is 17. The second-order valence-electron chi connectivity index (χ2n) is 12.7. The van der Waals surface area contributed by atoms with Crippen LogP contribution in [0.5, 0.6) is 0 Å². The molecule has 4 saturated heterocycles. The van der Waals surface area contributed by atoms with E-state index < -0.39 is 0 Å². The average molecular weight is 933 g/mol. The van der Waals surface area contributed by atoms with Crippen LogP contribution in [0.1, 0.15) is 74.1 Å². The van der Waals surface area contributed by atoms with E-state index in [1.54, 1.807) is 38.5 Å². The molecule has 0 N–H and O–H groups in total. The van der Waals surface area contributed by atoms with Crippen molar-refractivity contribution in [2.45, 2.75) is 112 Å². The van der Waals surface area contributed by atoms with Crippen molar-refractivity contribution >= 4 is 128 Å². The molecule has 0 aromatic heterocycles. The minimum absolute atomic E-state index is 0.0190. The van der Waals surface area contributed by atoms with Gasteiger partial charge in [0.2, 0.25) is 0 Å². The molecule has 0 saturated carbocycles. The Morgan fingerprint density at radius 2 is 1.00 bits per heavy atom. The first-order valence-corrected chi connectivity index (χ1v) is 28.0. The van der Waals surface area contributed by atoms with Gasteiger partial charge >= 0.3 is 23.9 Å². The molecule has 4 unspecified atom stereocenters. The van der Waals surface area contributed by atoms with Crippen LogP contribution in [0, 0.1) is 0 Å². The monoisotopic (exact) mass is 932 g/mol. The molecule has 4 atom stereocenters. The highest BCUT2D eigenvalue weighted by molar-refractivity contribution is 8.76. The Morgan fingerprint density at radius 3 is 1.40 bits per heavy atom. The maximum atomic E-state index is 11.4. The summed E-state index contributed by atoms with van der Waals surface area (Å²) in [5, 5.41) is 2.18. The van der Waals surface area contributed by atoms with Crippen LogP contribution < -0.4 is 0 Å². The maximum Gasteiger partial charge on any atom is 0.333 e. The van der Waals surface area contributed by atoms with Crippen LogP contribution in [0.15, 0.2) is 48.6 Å². The third-order valence-electron chi connectivity index (χ3n) is 7.18. The number of rotatable bonds is 12. The molecule has 17 heteroatoms. The molecule has 0 aromatic carbocycles. The molecule has 0 spiro atoms. The molecule has 0 aromatic rings. The van der Waals surface area contributed by atoms with Crippen LogP contribution in [-0.4, -0.2) is 107 Å². The SMILES string of the molecule is C=C(C)C(=O)OC(C)C1SCCCS1.C=C(C)C(=O)OC(C)C1SCSCS1.C=C(C)C(=O)OC(CC)C1SCCCS1.C=C(C)C(=O)OC1CCSSC1. The van der Waals surface area contributed by atoms with E-state index in [2.05, 4.69) is 33.2 Å². The molecule has 0 bridgehead atoms. The zero-order chi connectivity index (χ0) is 41.3. The third-order valence-corrected chi connectivity index (χ3v) is 20.7. The molecule has 8 nitrogen and oxygen atoms in total. The van der Waals surface area contributed by atoms with Gasteiger partial charge in [0.15, 0.2) is 0 Å². The summed E-state index contributed by atoms with van der Waals surface area (Å²) in [4.78, 5) is 45.0. The van der Waals surface area contributed by atoms with Gasteiger partial charge < -0.3 is 18.9 Å². The first-order valence-electron chi connectivity index (χ1n) is 18.0. The topological polar surface area (TPSA) is 105 Å². The Balaban J connectivity index is 0.000000368. The molecule has 4 fully saturated rings. The first kappa shape index (κ1) is 53.0. The van der Waals surface area contributed by atoms with Crippen molar-refractivity contribution in [3.05, 3.63) is 48.6 Å². The molecule has 55 heavy (non-hydrogen) atoms. The van der Waals surface area contributed by atoms with Gasteiger partial charge in [-0.05, 0) is 90.2 Å². The van der Waals surface area contributed by atoms with Crippen molar-refractivity contribution in [3.63, 3.8) is 0 Å². The lowest BCUT2D eigenvalue weighted by atomic mass is 10.3. The van der Waals surface area contributed by atoms with E-state index in [1.165, 1.54) is 35.9 Å². The number of esters is 4. The molecular weight excluding hydrogens is 873 g/mol. The number of carbonyl (C=O) groups excluding carboxylic acids is 4. The molecule has 0 aliphatic carbocycles. The maximum absolute atomic E-state index is 11.4. The summed E-state index contributed by atoms with van der Waals surface area (Å²) in [6.07, 6.45) is 4.44. The summed E-state index contributed by atoms with van der Waals surface area (Å²) in [6.45, 7) is 26.9. The van der Waals surface area contributed by atoms with Gasteiger partial charge in [-0.3, -0.25) is 0 Å². The summed E-state index contributed by atoms with van der Waals surface area (Å²) < 4.78 is 22.3. The molecule has 4 rings (SSSR count). The number of thioether (sulfide) groups is 7. The minimum atomic E-state index is -0.281. The van der Waals surface area contributed by atoms with E-state index >= 15 is 0 Å². The van der Waals surface area contributed by atoms with Gasteiger partial charge in [-0.25, -0.2) is 19.2 Å². The van der Waals surface area contributed by atoms with Gasteiger partial charge in [-0.15, -0.1) is 82.3 Å². The lowest BCUT2D eigenvalue weighted by molar-refractivity contribution is -0.144. The van der Waals surface area contributed by atoms with Crippen LogP contribution in [0.2, 0.25) is 0 Å². The minimum Gasteiger partial charge on any atom is -0.458 e. The summed E-state index contributed by atoms with van der Waals surface area (Å²) >= 11 is 13.2. The van der Waals surface area contributed by atoms with Crippen LogP contribution >= 0.6 is 104 Å². The highest BCUT2D eigenvalue weighted by atomic mass is 33.1. The normalized spacial score (nSPS) is 20.7. The fraction of sp³-hybridized carbons (Fsp3) is 0.684. The lowest BCUT2D eigenvalue weighted by Gasteiger charge is -2.28. The largest absolute Gasteiger partial charge is 0.458 e. The second-order valence-corrected chi connectivity index (χ2v) is 25.2. The molecule has 4 aliphatic heterocycles. The quantitative estimate of drug-likeness (QED) is 0.0801. The van der Waals surface area contributed by atoms with Crippen molar-refractivity contribution in [1.82, 2.24) is 0 Å². The van der Waals surface area contributed by atoms with Crippen molar-refractivity contribution in [1.29, 1.82) is 0 Å². The summed E-state index contributed by atoms with van der Waals surface area (Å²) in [6, 6.07) is 0. The summed E-state index contributed by atoms with van der Waals surface area (Å²) in [5.41, 5.74) is 1.91. The molecule has 0 radical (unpaired) electrons. The molecule has 314 valence electrons. The van der Waals surface area contributed by atoms with E-state index in [1.807, 2.05) is 107 Å². The van der Waals surface area contributed by atoms with Crippen LogP contribution in [0.3, 0.4) is 0 Å².